The fraction of sp³-hybridized carbons (Fsp3) is 0.167. The summed E-state index contributed by atoms with van der Waals surface area (Å²) in [7, 11) is 0. The van der Waals surface area contributed by atoms with Crippen LogP contribution in [0.5, 0.6) is 0 Å². The number of carbonyl (C=O) groups excluding carboxylic acids is 1. The molecule has 0 saturated carbocycles. The number of carbonyl (C=O) groups is 1. The molecule has 24 heavy (non-hydrogen) atoms. The Labute approximate surface area is 139 Å². The van der Waals surface area contributed by atoms with Gasteiger partial charge in [0.2, 0.25) is 5.89 Å². The summed E-state index contributed by atoms with van der Waals surface area (Å²) in [4.78, 5) is 16.5. The summed E-state index contributed by atoms with van der Waals surface area (Å²) in [5.41, 5.74) is 3.22. The molecule has 3 rings (SSSR count). The zero-order valence-corrected chi connectivity index (χ0v) is 13.5. The van der Waals surface area contributed by atoms with Crippen molar-refractivity contribution >= 4 is 17.3 Å². The number of aryl methyl sites for hydroxylation is 2. The SMILES string of the molecule is Cc1noc(CNc2cc(C(=O)Nc3ccccc3)ccc2C)n1. The maximum Gasteiger partial charge on any atom is 0.255 e. The minimum Gasteiger partial charge on any atom is -0.376 e. The summed E-state index contributed by atoms with van der Waals surface area (Å²) >= 11 is 0. The highest BCUT2D eigenvalue weighted by Gasteiger charge is 2.09. The number of benzene rings is 2. The standard InChI is InChI=1S/C18H18N4O2/c1-12-8-9-14(18(23)21-15-6-4-3-5-7-15)10-16(12)19-11-17-20-13(2)22-24-17/h3-10,19H,11H2,1-2H3,(H,21,23). The predicted molar refractivity (Wildman–Crippen MR) is 91.9 cm³/mol. The summed E-state index contributed by atoms with van der Waals surface area (Å²) in [6.45, 7) is 4.15. The van der Waals surface area contributed by atoms with Crippen molar-refractivity contribution in [1.29, 1.82) is 0 Å². The second kappa shape index (κ2) is 6.95. The summed E-state index contributed by atoms with van der Waals surface area (Å²) < 4.78 is 5.08. The number of nitrogens with zero attached hydrogens (tertiary/aromatic N) is 2. The Morgan fingerprint density at radius 3 is 2.62 bits per heavy atom. The van der Waals surface area contributed by atoms with Crippen LogP contribution in [0.25, 0.3) is 0 Å². The molecule has 0 bridgehead atoms. The van der Waals surface area contributed by atoms with Gasteiger partial charge in [0.1, 0.15) is 0 Å². The van der Waals surface area contributed by atoms with Gasteiger partial charge in [0.05, 0.1) is 6.54 Å². The van der Waals surface area contributed by atoms with Gasteiger partial charge in [-0.1, -0.05) is 29.4 Å². The van der Waals surface area contributed by atoms with Gasteiger partial charge in [0.15, 0.2) is 5.82 Å². The molecule has 6 heteroatoms. The first-order valence-electron chi connectivity index (χ1n) is 7.62. The van der Waals surface area contributed by atoms with Crippen molar-refractivity contribution in [3.05, 3.63) is 71.4 Å². The van der Waals surface area contributed by atoms with Crippen LogP contribution in [-0.2, 0) is 6.54 Å². The van der Waals surface area contributed by atoms with Crippen LogP contribution in [0.4, 0.5) is 11.4 Å². The number of para-hydroxylation sites is 1. The molecule has 122 valence electrons. The minimum atomic E-state index is -0.155. The first-order chi connectivity index (χ1) is 11.6. The van der Waals surface area contributed by atoms with E-state index >= 15 is 0 Å². The molecule has 1 heterocycles. The van der Waals surface area contributed by atoms with Gasteiger partial charge >= 0.3 is 0 Å². The van der Waals surface area contributed by atoms with E-state index < -0.39 is 0 Å². The quantitative estimate of drug-likeness (QED) is 0.751. The lowest BCUT2D eigenvalue weighted by Crippen LogP contribution is -2.12. The third kappa shape index (κ3) is 3.78. The number of nitrogens with one attached hydrogen (secondary N) is 2. The lowest BCUT2D eigenvalue weighted by Gasteiger charge is -2.10. The minimum absolute atomic E-state index is 0.155. The Morgan fingerprint density at radius 1 is 1.12 bits per heavy atom. The lowest BCUT2D eigenvalue weighted by atomic mass is 10.1. The van der Waals surface area contributed by atoms with E-state index in [1.807, 2.05) is 49.4 Å². The zero-order valence-electron chi connectivity index (χ0n) is 13.5. The maximum atomic E-state index is 12.4. The first-order valence-corrected chi connectivity index (χ1v) is 7.62. The number of hydrogen-bond acceptors (Lipinski definition) is 5. The predicted octanol–water partition coefficient (Wildman–Crippen LogP) is 3.55. The molecule has 6 nitrogen and oxygen atoms in total. The van der Waals surface area contributed by atoms with Gasteiger partial charge in [-0.3, -0.25) is 4.79 Å². The van der Waals surface area contributed by atoms with Gasteiger partial charge in [-0.15, -0.1) is 0 Å². The van der Waals surface area contributed by atoms with Crippen LogP contribution >= 0.6 is 0 Å². The molecule has 0 unspecified atom stereocenters. The Hall–Kier alpha value is -3.15. The molecule has 0 fully saturated rings. The van der Waals surface area contributed by atoms with Crippen LogP contribution in [0.1, 0.15) is 27.6 Å². The number of anilines is 2. The molecule has 0 saturated heterocycles. The third-order valence-electron chi connectivity index (χ3n) is 3.53. The Balaban J connectivity index is 1.72. The van der Waals surface area contributed by atoms with Crippen LogP contribution in [0.2, 0.25) is 0 Å². The molecule has 0 aliphatic rings. The van der Waals surface area contributed by atoms with Crippen molar-refractivity contribution < 1.29 is 9.32 Å². The van der Waals surface area contributed by atoms with Gasteiger partial charge in [-0.05, 0) is 43.7 Å². The van der Waals surface area contributed by atoms with E-state index in [1.54, 1.807) is 13.0 Å². The van der Waals surface area contributed by atoms with E-state index in [4.69, 9.17) is 4.52 Å². The van der Waals surface area contributed by atoms with Crippen LogP contribution in [0.15, 0.2) is 53.1 Å². The highest BCUT2D eigenvalue weighted by molar-refractivity contribution is 6.04. The van der Waals surface area contributed by atoms with Crippen molar-refractivity contribution in [2.45, 2.75) is 20.4 Å². The number of amides is 1. The van der Waals surface area contributed by atoms with Crippen LogP contribution in [0, 0.1) is 13.8 Å². The highest BCUT2D eigenvalue weighted by Crippen LogP contribution is 2.19. The summed E-state index contributed by atoms with van der Waals surface area (Å²) in [5.74, 6) is 0.948. The average Bonchev–Trinajstić information content (AvgIpc) is 3.00. The third-order valence-corrected chi connectivity index (χ3v) is 3.53. The van der Waals surface area contributed by atoms with Crippen molar-refractivity contribution in [3.63, 3.8) is 0 Å². The fourth-order valence-corrected chi connectivity index (χ4v) is 2.26. The Kier molecular flexibility index (Phi) is 4.56. The molecule has 0 aliphatic heterocycles. The summed E-state index contributed by atoms with van der Waals surface area (Å²) in [5, 5.41) is 9.85. The van der Waals surface area contributed by atoms with Gasteiger partial charge < -0.3 is 15.2 Å². The van der Waals surface area contributed by atoms with E-state index in [9.17, 15) is 4.79 Å². The maximum absolute atomic E-state index is 12.4. The average molecular weight is 322 g/mol. The summed E-state index contributed by atoms with van der Waals surface area (Å²) in [6, 6.07) is 14.9. The highest BCUT2D eigenvalue weighted by atomic mass is 16.5. The van der Waals surface area contributed by atoms with E-state index in [1.165, 1.54) is 0 Å². The van der Waals surface area contributed by atoms with E-state index in [0.717, 1.165) is 16.9 Å². The van der Waals surface area contributed by atoms with E-state index in [-0.39, 0.29) is 5.91 Å². The first kappa shape index (κ1) is 15.7. The molecule has 1 aromatic heterocycles. The van der Waals surface area contributed by atoms with E-state index in [2.05, 4.69) is 20.8 Å². The van der Waals surface area contributed by atoms with Crippen molar-refractivity contribution in [1.82, 2.24) is 10.1 Å². The van der Waals surface area contributed by atoms with Gasteiger partial charge in [0.25, 0.3) is 5.91 Å². The number of aromatic nitrogens is 2. The van der Waals surface area contributed by atoms with E-state index in [0.29, 0.717) is 23.8 Å². The number of rotatable bonds is 5. The normalized spacial score (nSPS) is 10.4. The molecule has 1 amide bonds. The molecule has 3 aromatic rings. The van der Waals surface area contributed by atoms with Gasteiger partial charge in [-0.2, -0.15) is 4.98 Å². The zero-order chi connectivity index (χ0) is 16.9. The Morgan fingerprint density at radius 2 is 1.92 bits per heavy atom. The van der Waals surface area contributed by atoms with Gasteiger partial charge in [0, 0.05) is 16.9 Å². The fourth-order valence-electron chi connectivity index (χ4n) is 2.26. The molecular formula is C18H18N4O2. The van der Waals surface area contributed by atoms with Crippen LogP contribution in [-0.4, -0.2) is 16.0 Å². The van der Waals surface area contributed by atoms with Crippen molar-refractivity contribution in [3.8, 4) is 0 Å². The largest absolute Gasteiger partial charge is 0.376 e. The Bertz CT molecular complexity index is 843. The molecular weight excluding hydrogens is 304 g/mol. The van der Waals surface area contributed by atoms with Crippen molar-refractivity contribution in [2.24, 2.45) is 0 Å². The van der Waals surface area contributed by atoms with Crippen LogP contribution in [0.3, 0.4) is 0 Å². The summed E-state index contributed by atoms with van der Waals surface area (Å²) in [6.07, 6.45) is 0. The van der Waals surface area contributed by atoms with Gasteiger partial charge in [-0.25, -0.2) is 0 Å². The van der Waals surface area contributed by atoms with Crippen LogP contribution < -0.4 is 10.6 Å². The molecule has 0 atom stereocenters. The van der Waals surface area contributed by atoms with Crippen molar-refractivity contribution in [2.75, 3.05) is 10.6 Å². The lowest BCUT2D eigenvalue weighted by molar-refractivity contribution is 0.102. The number of hydrogen-bond donors (Lipinski definition) is 2. The second-order valence-corrected chi connectivity index (χ2v) is 5.44. The molecule has 2 aromatic carbocycles. The second-order valence-electron chi connectivity index (χ2n) is 5.44. The molecule has 2 N–H and O–H groups in total. The monoisotopic (exact) mass is 322 g/mol. The topological polar surface area (TPSA) is 80.0 Å². The molecule has 0 radical (unpaired) electrons. The molecule has 0 spiro atoms. The molecule has 0 aliphatic carbocycles. The smallest absolute Gasteiger partial charge is 0.255 e.